The molecule has 0 radical (unpaired) electrons. The first-order valence-corrected chi connectivity index (χ1v) is 8.14. The number of rotatable bonds is 6. The van der Waals surface area contributed by atoms with Gasteiger partial charge >= 0.3 is 5.97 Å². The van der Waals surface area contributed by atoms with Gasteiger partial charge in [0.25, 0.3) is 0 Å². The fourth-order valence-electron chi connectivity index (χ4n) is 2.56. The topological polar surface area (TPSA) is 97.1 Å². The average Bonchev–Trinajstić information content (AvgIpc) is 3.15. The number of carboxylic acids is 1. The van der Waals surface area contributed by atoms with Crippen molar-refractivity contribution in [3.05, 3.63) is 71.8 Å². The Morgan fingerprint density at radius 3 is 2.62 bits per heavy atom. The van der Waals surface area contributed by atoms with Crippen molar-refractivity contribution >= 4 is 29.2 Å². The van der Waals surface area contributed by atoms with E-state index in [-0.39, 0.29) is 6.42 Å². The van der Waals surface area contributed by atoms with Crippen molar-refractivity contribution in [3.63, 3.8) is 0 Å². The third kappa shape index (κ3) is 4.07. The maximum atomic E-state index is 12.5. The van der Waals surface area contributed by atoms with Crippen LogP contribution in [0.25, 0.3) is 5.69 Å². The second-order valence-electron chi connectivity index (χ2n) is 5.56. The largest absolute Gasteiger partial charge is 0.481 e. The van der Waals surface area contributed by atoms with Crippen molar-refractivity contribution in [3.8, 4) is 5.69 Å². The van der Waals surface area contributed by atoms with Gasteiger partial charge in [-0.3, -0.25) is 9.59 Å². The van der Waals surface area contributed by atoms with Crippen LogP contribution >= 0.6 is 11.6 Å². The number of nitrogens with zero attached hydrogens (tertiary/aromatic N) is 3. The predicted molar refractivity (Wildman–Crippen MR) is 96.4 cm³/mol. The number of nitrogens with one attached hydrogen (secondary N) is 1. The molecule has 7 nitrogen and oxygen atoms in total. The standard InChI is InChI=1S/C18H15ClN4O3/c19-13-6-7-16(23-11-20-10-21-23)15(8-13)22-17(24)9-14(18(25)26)12-4-2-1-3-5-12/h1-8,10-11,14H,9H2,(H,22,24)(H,25,26)/t14-/m0/s1. The molecule has 8 heteroatoms. The van der Waals surface area contributed by atoms with E-state index >= 15 is 0 Å². The Morgan fingerprint density at radius 2 is 1.96 bits per heavy atom. The zero-order valence-electron chi connectivity index (χ0n) is 13.5. The van der Waals surface area contributed by atoms with E-state index in [4.69, 9.17) is 11.6 Å². The lowest BCUT2D eigenvalue weighted by Crippen LogP contribution is -2.21. The minimum Gasteiger partial charge on any atom is -0.481 e. The number of carbonyl (C=O) groups is 2. The first kappa shape index (κ1) is 17.6. The van der Waals surface area contributed by atoms with Crippen molar-refractivity contribution in [2.75, 3.05) is 5.32 Å². The van der Waals surface area contributed by atoms with Crippen LogP contribution in [0.2, 0.25) is 5.02 Å². The molecule has 2 N–H and O–H groups in total. The monoisotopic (exact) mass is 370 g/mol. The van der Waals surface area contributed by atoms with Gasteiger partial charge in [-0.15, -0.1) is 0 Å². The highest BCUT2D eigenvalue weighted by Gasteiger charge is 2.23. The van der Waals surface area contributed by atoms with Gasteiger partial charge in [0.05, 0.1) is 17.3 Å². The van der Waals surface area contributed by atoms with Crippen LogP contribution in [0.1, 0.15) is 17.9 Å². The molecule has 1 aromatic heterocycles. The van der Waals surface area contributed by atoms with E-state index in [9.17, 15) is 14.7 Å². The number of carbonyl (C=O) groups excluding carboxylic acids is 1. The Bertz CT molecular complexity index is 913. The molecule has 2 aromatic carbocycles. The molecule has 0 aliphatic heterocycles. The molecule has 0 aliphatic carbocycles. The summed E-state index contributed by atoms with van der Waals surface area (Å²) in [7, 11) is 0. The molecule has 0 bridgehead atoms. The van der Waals surface area contributed by atoms with Crippen LogP contribution < -0.4 is 5.32 Å². The number of benzene rings is 2. The van der Waals surface area contributed by atoms with E-state index in [0.717, 1.165) is 0 Å². The average molecular weight is 371 g/mol. The van der Waals surface area contributed by atoms with Crippen molar-refractivity contribution in [1.82, 2.24) is 14.8 Å². The molecule has 1 heterocycles. The summed E-state index contributed by atoms with van der Waals surface area (Å²) < 4.78 is 1.48. The molecule has 3 aromatic rings. The molecular weight excluding hydrogens is 356 g/mol. The molecular formula is C18H15ClN4O3. The smallest absolute Gasteiger partial charge is 0.311 e. The SMILES string of the molecule is O=C(C[C@H](C(=O)O)c1ccccc1)Nc1cc(Cl)ccc1-n1cncn1. The Labute approximate surface area is 154 Å². The van der Waals surface area contributed by atoms with Crippen molar-refractivity contribution in [2.24, 2.45) is 0 Å². The molecule has 1 atom stereocenters. The van der Waals surface area contributed by atoms with E-state index in [2.05, 4.69) is 15.4 Å². The lowest BCUT2D eigenvalue weighted by Gasteiger charge is -2.15. The summed E-state index contributed by atoms with van der Waals surface area (Å²) in [5, 5.41) is 16.7. The Kier molecular flexibility index (Phi) is 5.28. The van der Waals surface area contributed by atoms with E-state index in [1.54, 1.807) is 48.5 Å². The van der Waals surface area contributed by atoms with Crippen molar-refractivity contribution in [1.29, 1.82) is 0 Å². The van der Waals surface area contributed by atoms with Gasteiger partial charge in [0, 0.05) is 11.4 Å². The Morgan fingerprint density at radius 1 is 1.19 bits per heavy atom. The van der Waals surface area contributed by atoms with Crippen LogP contribution in [-0.2, 0) is 9.59 Å². The maximum absolute atomic E-state index is 12.5. The fourth-order valence-corrected chi connectivity index (χ4v) is 2.73. The number of hydrogen-bond acceptors (Lipinski definition) is 4. The van der Waals surface area contributed by atoms with Crippen molar-refractivity contribution < 1.29 is 14.7 Å². The molecule has 0 saturated carbocycles. The van der Waals surface area contributed by atoms with Crippen molar-refractivity contribution in [2.45, 2.75) is 12.3 Å². The van der Waals surface area contributed by atoms with Crippen LogP contribution in [0.4, 0.5) is 5.69 Å². The highest BCUT2D eigenvalue weighted by Crippen LogP contribution is 2.26. The summed E-state index contributed by atoms with van der Waals surface area (Å²) in [5.74, 6) is -2.44. The highest BCUT2D eigenvalue weighted by atomic mass is 35.5. The van der Waals surface area contributed by atoms with Crippen LogP contribution in [0.15, 0.2) is 61.2 Å². The van der Waals surface area contributed by atoms with Crippen LogP contribution in [-0.4, -0.2) is 31.7 Å². The predicted octanol–water partition coefficient (Wildman–Crippen LogP) is 3.12. The zero-order valence-corrected chi connectivity index (χ0v) is 14.3. The Balaban J connectivity index is 1.82. The summed E-state index contributed by atoms with van der Waals surface area (Å²) in [6.45, 7) is 0. The third-order valence-electron chi connectivity index (χ3n) is 3.79. The van der Waals surface area contributed by atoms with Gasteiger partial charge in [-0.25, -0.2) is 9.67 Å². The van der Waals surface area contributed by atoms with Crippen LogP contribution in [0.3, 0.4) is 0 Å². The van der Waals surface area contributed by atoms with Gasteiger partial charge in [-0.1, -0.05) is 41.9 Å². The van der Waals surface area contributed by atoms with Gasteiger partial charge in [0.2, 0.25) is 5.91 Å². The zero-order chi connectivity index (χ0) is 18.5. The molecule has 132 valence electrons. The first-order valence-electron chi connectivity index (χ1n) is 7.77. The highest BCUT2D eigenvalue weighted by molar-refractivity contribution is 6.31. The quantitative estimate of drug-likeness (QED) is 0.694. The lowest BCUT2D eigenvalue weighted by atomic mass is 9.95. The number of halogens is 1. The van der Waals surface area contributed by atoms with Gasteiger partial charge < -0.3 is 10.4 Å². The second kappa shape index (κ2) is 7.79. The fraction of sp³-hybridized carbons (Fsp3) is 0.111. The summed E-state index contributed by atoms with van der Waals surface area (Å²) in [5.41, 5.74) is 1.56. The second-order valence-corrected chi connectivity index (χ2v) is 5.99. The molecule has 0 fully saturated rings. The summed E-state index contributed by atoms with van der Waals surface area (Å²) in [4.78, 5) is 27.9. The molecule has 26 heavy (non-hydrogen) atoms. The van der Waals surface area contributed by atoms with Gasteiger partial charge in [-0.05, 0) is 23.8 Å². The van der Waals surface area contributed by atoms with Gasteiger partial charge in [0.1, 0.15) is 12.7 Å². The molecule has 0 aliphatic rings. The van der Waals surface area contributed by atoms with E-state index in [0.29, 0.717) is 22.0 Å². The minimum absolute atomic E-state index is 0.206. The summed E-state index contributed by atoms with van der Waals surface area (Å²) >= 11 is 6.02. The number of hydrogen-bond donors (Lipinski definition) is 2. The number of carboxylic acid groups (broad SMARTS) is 1. The summed E-state index contributed by atoms with van der Waals surface area (Å²) in [6.07, 6.45) is 2.65. The van der Waals surface area contributed by atoms with Crippen LogP contribution in [0.5, 0.6) is 0 Å². The molecule has 0 spiro atoms. The van der Waals surface area contributed by atoms with Crippen LogP contribution in [0, 0.1) is 0 Å². The molecule has 1 amide bonds. The number of aromatic nitrogens is 3. The molecule has 0 unspecified atom stereocenters. The maximum Gasteiger partial charge on any atom is 0.311 e. The van der Waals surface area contributed by atoms with E-state index in [1.165, 1.54) is 17.3 Å². The Hall–Kier alpha value is -3.19. The molecule has 0 saturated heterocycles. The number of aliphatic carboxylic acids is 1. The normalized spacial score (nSPS) is 11.7. The third-order valence-corrected chi connectivity index (χ3v) is 4.02. The lowest BCUT2D eigenvalue weighted by molar-refractivity contribution is -0.140. The minimum atomic E-state index is -1.06. The summed E-state index contributed by atoms with van der Waals surface area (Å²) in [6, 6.07) is 13.6. The first-order chi connectivity index (χ1) is 12.5. The van der Waals surface area contributed by atoms with Gasteiger partial charge in [-0.2, -0.15) is 5.10 Å². The van der Waals surface area contributed by atoms with Gasteiger partial charge in [0.15, 0.2) is 0 Å². The van der Waals surface area contributed by atoms with E-state index in [1.807, 2.05) is 0 Å². The number of anilines is 1. The number of amides is 1. The molecule has 3 rings (SSSR count). The van der Waals surface area contributed by atoms with E-state index < -0.39 is 17.8 Å².